The quantitative estimate of drug-likeness (QED) is 0.871. The molecule has 0 N–H and O–H groups in total. The fourth-order valence-electron chi connectivity index (χ4n) is 3.24. The van der Waals surface area contributed by atoms with E-state index in [1.54, 1.807) is 7.11 Å². The Balaban J connectivity index is 1.50. The number of fused-ring (bicyclic) bond motifs is 1. The summed E-state index contributed by atoms with van der Waals surface area (Å²) >= 11 is 0. The molecule has 1 aromatic carbocycles. The second-order valence-corrected chi connectivity index (χ2v) is 6.31. The first-order valence-electron chi connectivity index (χ1n) is 8.23. The molecule has 1 aliphatic heterocycles. The molecule has 1 saturated heterocycles. The summed E-state index contributed by atoms with van der Waals surface area (Å²) in [5.74, 6) is 0.840. The van der Waals surface area contributed by atoms with Gasteiger partial charge in [0, 0.05) is 37.6 Å². The lowest BCUT2D eigenvalue weighted by atomic mass is 10.2. The SMILES string of the molecule is COc1ccc2nc(C(=O)N3CCN(C4CC4)CC3)ccc2c1. The van der Waals surface area contributed by atoms with Crippen LogP contribution in [0, 0.1) is 0 Å². The third-order valence-corrected chi connectivity index (χ3v) is 4.78. The Bertz CT molecular complexity index is 734. The molecule has 5 nitrogen and oxygen atoms in total. The smallest absolute Gasteiger partial charge is 0.272 e. The zero-order chi connectivity index (χ0) is 15.8. The normalized spacial score (nSPS) is 19.1. The average Bonchev–Trinajstić information content (AvgIpc) is 3.45. The second kappa shape index (κ2) is 5.81. The van der Waals surface area contributed by atoms with Crippen LogP contribution >= 0.6 is 0 Å². The lowest BCUT2D eigenvalue weighted by Crippen LogP contribution is -2.49. The van der Waals surface area contributed by atoms with Crippen molar-refractivity contribution in [3.8, 4) is 5.75 Å². The van der Waals surface area contributed by atoms with E-state index in [9.17, 15) is 4.79 Å². The zero-order valence-electron chi connectivity index (χ0n) is 13.4. The minimum Gasteiger partial charge on any atom is -0.497 e. The van der Waals surface area contributed by atoms with Crippen molar-refractivity contribution in [3.05, 3.63) is 36.0 Å². The van der Waals surface area contributed by atoms with E-state index in [1.165, 1.54) is 12.8 Å². The zero-order valence-corrected chi connectivity index (χ0v) is 13.4. The Morgan fingerprint density at radius 2 is 1.91 bits per heavy atom. The number of piperazine rings is 1. The maximum Gasteiger partial charge on any atom is 0.272 e. The van der Waals surface area contributed by atoms with E-state index in [0.29, 0.717) is 5.69 Å². The topological polar surface area (TPSA) is 45.7 Å². The molecule has 2 aliphatic rings. The molecule has 0 bridgehead atoms. The summed E-state index contributed by atoms with van der Waals surface area (Å²) in [6.07, 6.45) is 2.65. The highest BCUT2D eigenvalue weighted by atomic mass is 16.5. The van der Waals surface area contributed by atoms with Crippen LogP contribution in [0.3, 0.4) is 0 Å². The van der Waals surface area contributed by atoms with Crippen molar-refractivity contribution in [2.24, 2.45) is 0 Å². The van der Waals surface area contributed by atoms with Gasteiger partial charge in [-0.1, -0.05) is 6.07 Å². The molecule has 0 atom stereocenters. The molecule has 1 aromatic heterocycles. The monoisotopic (exact) mass is 311 g/mol. The van der Waals surface area contributed by atoms with E-state index in [1.807, 2.05) is 35.2 Å². The van der Waals surface area contributed by atoms with Crippen LogP contribution in [0.5, 0.6) is 5.75 Å². The van der Waals surface area contributed by atoms with Crippen molar-refractivity contribution in [2.45, 2.75) is 18.9 Å². The van der Waals surface area contributed by atoms with E-state index < -0.39 is 0 Å². The van der Waals surface area contributed by atoms with Gasteiger partial charge in [0.25, 0.3) is 5.91 Å². The number of rotatable bonds is 3. The van der Waals surface area contributed by atoms with Crippen molar-refractivity contribution in [2.75, 3.05) is 33.3 Å². The molecule has 2 aromatic rings. The van der Waals surface area contributed by atoms with Crippen molar-refractivity contribution < 1.29 is 9.53 Å². The Labute approximate surface area is 135 Å². The predicted octanol–water partition coefficient (Wildman–Crippen LogP) is 2.16. The Morgan fingerprint density at radius 3 is 2.61 bits per heavy atom. The highest BCUT2D eigenvalue weighted by Gasteiger charge is 2.32. The molecule has 1 saturated carbocycles. The number of nitrogens with zero attached hydrogens (tertiary/aromatic N) is 3. The van der Waals surface area contributed by atoms with Crippen molar-refractivity contribution in [1.29, 1.82) is 0 Å². The molecule has 4 rings (SSSR count). The molecule has 2 heterocycles. The van der Waals surface area contributed by atoms with Gasteiger partial charge in [-0.05, 0) is 37.1 Å². The summed E-state index contributed by atoms with van der Waals surface area (Å²) in [5.41, 5.74) is 1.36. The molecule has 0 spiro atoms. The molecule has 2 fully saturated rings. The number of amides is 1. The van der Waals surface area contributed by atoms with Gasteiger partial charge in [0.1, 0.15) is 11.4 Å². The fraction of sp³-hybridized carbons (Fsp3) is 0.444. The highest BCUT2D eigenvalue weighted by molar-refractivity contribution is 5.95. The Hall–Kier alpha value is -2.14. The van der Waals surface area contributed by atoms with Crippen LogP contribution in [0.15, 0.2) is 30.3 Å². The number of ether oxygens (including phenoxy) is 1. The van der Waals surface area contributed by atoms with E-state index in [2.05, 4.69) is 9.88 Å². The number of benzene rings is 1. The Morgan fingerprint density at radius 1 is 1.13 bits per heavy atom. The fourth-order valence-corrected chi connectivity index (χ4v) is 3.24. The molecule has 23 heavy (non-hydrogen) atoms. The van der Waals surface area contributed by atoms with Gasteiger partial charge in [0.15, 0.2) is 0 Å². The minimum atomic E-state index is 0.0400. The summed E-state index contributed by atoms with van der Waals surface area (Å²) in [7, 11) is 1.65. The van der Waals surface area contributed by atoms with Crippen molar-refractivity contribution >= 4 is 16.8 Å². The lowest BCUT2D eigenvalue weighted by Gasteiger charge is -2.34. The summed E-state index contributed by atoms with van der Waals surface area (Å²) in [4.78, 5) is 21.6. The van der Waals surface area contributed by atoms with Crippen molar-refractivity contribution in [1.82, 2.24) is 14.8 Å². The number of hydrogen-bond acceptors (Lipinski definition) is 4. The first-order valence-corrected chi connectivity index (χ1v) is 8.23. The summed E-state index contributed by atoms with van der Waals surface area (Å²) in [5, 5.41) is 0.986. The van der Waals surface area contributed by atoms with E-state index in [0.717, 1.165) is 48.9 Å². The van der Waals surface area contributed by atoms with Crippen molar-refractivity contribution in [3.63, 3.8) is 0 Å². The van der Waals surface area contributed by atoms with Crippen LogP contribution in [-0.2, 0) is 0 Å². The van der Waals surface area contributed by atoms with Crippen LogP contribution in [-0.4, -0.2) is 60.0 Å². The number of hydrogen-bond donors (Lipinski definition) is 0. The first-order chi connectivity index (χ1) is 11.2. The van der Waals surface area contributed by atoms with Crippen LogP contribution < -0.4 is 4.74 Å². The maximum absolute atomic E-state index is 12.7. The maximum atomic E-state index is 12.7. The van der Waals surface area contributed by atoms with Gasteiger partial charge in [-0.2, -0.15) is 0 Å². The third-order valence-electron chi connectivity index (χ3n) is 4.78. The van der Waals surface area contributed by atoms with Gasteiger partial charge in [0.2, 0.25) is 0 Å². The molecule has 5 heteroatoms. The van der Waals surface area contributed by atoms with Gasteiger partial charge in [-0.15, -0.1) is 0 Å². The van der Waals surface area contributed by atoms with E-state index in [-0.39, 0.29) is 5.91 Å². The molecule has 0 unspecified atom stereocenters. The number of carbonyl (C=O) groups is 1. The Kier molecular flexibility index (Phi) is 3.65. The number of aromatic nitrogens is 1. The largest absolute Gasteiger partial charge is 0.497 e. The summed E-state index contributed by atoms with van der Waals surface area (Å²) in [6.45, 7) is 3.58. The van der Waals surface area contributed by atoms with Gasteiger partial charge in [0.05, 0.1) is 12.6 Å². The molecule has 0 radical (unpaired) electrons. The van der Waals surface area contributed by atoms with Gasteiger partial charge in [-0.3, -0.25) is 9.69 Å². The minimum absolute atomic E-state index is 0.0400. The molecular formula is C18H21N3O2. The first kappa shape index (κ1) is 14.5. The number of carbonyl (C=O) groups excluding carboxylic acids is 1. The van der Waals surface area contributed by atoms with Gasteiger partial charge < -0.3 is 9.64 Å². The average molecular weight is 311 g/mol. The van der Waals surface area contributed by atoms with E-state index in [4.69, 9.17) is 4.74 Å². The van der Waals surface area contributed by atoms with Gasteiger partial charge in [-0.25, -0.2) is 4.98 Å². The van der Waals surface area contributed by atoms with Crippen LogP contribution in [0.1, 0.15) is 23.3 Å². The van der Waals surface area contributed by atoms with Crippen LogP contribution in [0.2, 0.25) is 0 Å². The third kappa shape index (κ3) is 2.88. The summed E-state index contributed by atoms with van der Waals surface area (Å²) < 4.78 is 5.22. The predicted molar refractivity (Wildman–Crippen MR) is 88.8 cm³/mol. The lowest BCUT2D eigenvalue weighted by molar-refractivity contribution is 0.0622. The highest BCUT2D eigenvalue weighted by Crippen LogP contribution is 2.27. The number of methoxy groups -OCH3 is 1. The molecular weight excluding hydrogens is 290 g/mol. The second-order valence-electron chi connectivity index (χ2n) is 6.31. The number of pyridine rings is 1. The van der Waals surface area contributed by atoms with Crippen LogP contribution in [0.4, 0.5) is 0 Å². The standard InChI is InChI=1S/C18H21N3O2/c1-23-15-5-7-16-13(12-15)2-6-17(19-16)18(22)21-10-8-20(9-11-21)14-3-4-14/h2,5-7,12,14H,3-4,8-11H2,1H3. The van der Waals surface area contributed by atoms with Gasteiger partial charge >= 0.3 is 0 Å². The molecule has 1 aliphatic carbocycles. The van der Waals surface area contributed by atoms with Crippen LogP contribution in [0.25, 0.3) is 10.9 Å². The molecule has 1 amide bonds. The summed E-state index contributed by atoms with van der Waals surface area (Å²) in [6, 6.07) is 10.2. The van der Waals surface area contributed by atoms with E-state index >= 15 is 0 Å². The molecule has 120 valence electrons.